The van der Waals surface area contributed by atoms with Crippen LogP contribution < -0.4 is 0 Å². The van der Waals surface area contributed by atoms with E-state index >= 15 is 0 Å². The molecule has 5 nitrogen and oxygen atoms in total. The highest BCUT2D eigenvalue weighted by molar-refractivity contribution is 6.74. The lowest BCUT2D eigenvalue weighted by molar-refractivity contribution is -0.177. The number of amides is 1. The predicted octanol–water partition coefficient (Wildman–Crippen LogP) is 5.59. The molecule has 0 spiro atoms. The summed E-state index contributed by atoms with van der Waals surface area (Å²) in [6, 6.07) is 10.1. The summed E-state index contributed by atoms with van der Waals surface area (Å²) in [5.74, 6) is -0.475. The van der Waals surface area contributed by atoms with Crippen LogP contribution >= 0.6 is 0 Å². The number of nitrogens with zero attached hydrogens (tertiary/aromatic N) is 1. The number of rotatable bonds is 11. The van der Waals surface area contributed by atoms with Crippen molar-refractivity contribution in [2.45, 2.75) is 71.9 Å². The smallest absolute Gasteiger partial charge is 0.251 e. The number of hydrogen-bond acceptors (Lipinski definition) is 4. The first-order chi connectivity index (χ1) is 13.9. The molecule has 0 bridgehead atoms. The van der Waals surface area contributed by atoms with Gasteiger partial charge in [-0.15, -0.1) is 0 Å². The fourth-order valence-corrected chi connectivity index (χ4v) is 4.10. The summed E-state index contributed by atoms with van der Waals surface area (Å²) in [7, 11) is 1.03. The Bertz CT molecular complexity index is 678. The Balaban J connectivity index is 3.13. The van der Waals surface area contributed by atoms with Gasteiger partial charge in [0, 0.05) is 7.05 Å². The molecule has 170 valence electrons. The molecule has 0 aliphatic carbocycles. The Kier molecular flexibility index (Phi) is 10.4. The molecule has 0 N–H and O–H groups in total. The molecule has 0 aliphatic rings. The summed E-state index contributed by atoms with van der Waals surface area (Å²) in [6.07, 6.45) is 2.32. The van der Waals surface area contributed by atoms with Gasteiger partial charge in [0.15, 0.2) is 8.32 Å². The fourth-order valence-electron chi connectivity index (χ4n) is 2.75. The maximum atomic E-state index is 13.1. The van der Waals surface area contributed by atoms with Crippen molar-refractivity contribution in [1.82, 2.24) is 5.06 Å². The van der Waals surface area contributed by atoms with E-state index in [0.29, 0.717) is 19.6 Å². The van der Waals surface area contributed by atoms with E-state index in [0.717, 1.165) is 5.56 Å². The molecule has 0 fully saturated rings. The van der Waals surface area contributed by atoms with Gasteiger partial charge in [0.25, 0.3) is 5.91 Å². The Morgan fingerprint density at radius 2 is 1.77 bits per heavy atom. The van der Waals surface area contributed by atoms with Gasteiger partial charge in [-0.05, 0) is 44.0 Å². The van der Waals surface area contributed by atoms with E-state index in [1.807, 2.05) is 44.2 Å². The van der Waals surface area contributed by atoms with Crippen molar-refractivity contribution in [2.24, 2.45) is 5.92 Å². The first kappa shape index (κ1) is 26.6. The van der Waals surface area contributed by atoms with Gasteiger partial charge in [-0.2, -0.15) is 0 Å². The van der Waals surface area contributed by atoms with E-state index in [9.17, 15) is 4.79 Å². The third-order valence-corrected chi connectivity index (χ3v) is 10.3. The molecule has 30 heavy (non-hydrogen) atoms. The number of ether oxygens (including phenoxy) is 1. The lowest BCUT2D eigenvalue weighted by Gasteiger charge is -2.41. The molecule has 0 radical (unpaired) electrons. The largest absolute Gasteiger partial charge is 0.411 e. The minimum atomic E-state index is -2.12. The van der Waals surface area contributed by atoms with E-state index in [-0.39, 0.29) is 23.0 Å². The molecule has 6 heteroatoms. The average Bonchev–Trinajstić information content (AvgIpc) is 2.66. The topological polar surface area (TPSA) is 48.0 Å². The highest BCUT2D eigenvalue weighted by atomic mass is 28.4. The van der Waals surface area contributed by atoms with Crippen LogP contribution in [0.15, 0.2) is 42.0 Å². The lowest BCUT2D eigenvalue weighted by atomic mass is 9.96. The van der Waals surface area contributed by atoms with Crippen molar-refractivity contribution in [1.29, 1.82) is 0 Å². The zero-order valence-electron chi connectivity index (χ0n) is 20.3. The van der Waals surface area contributed by atoms with Crippen LogP contribution in [-0.2, 0) is 25.4 Å². The maximum Gasteiger partial charge on any atom is 0.251 e. The number of carbonyl (C=O) groups is 1. The van der Waals surface area contributed by atoms with Crippen LogP contribution in [0.1, 0.15) is 46.6 Å². The first-order valence-corrected chi connectivity index (χ1v) is 13.5. The normalized spacial score (nSPS) is 14.2. The highest BCUT2D eigenvalue weighted by Gasteiger charge is 2.42. The molecule has 0 aliphatic heterocycles. The van der Waals surface area contributed by atoms with Crippen LogP contribution in [0.5, 0.6) is 0 Å². The second-order valence-corrected chi connectivity index (χ2v) is 14.3. The van der Waals surface area contributed by atoms with Crippen molar-refractivity contribution < 1.29 is 18.8 Å². The quantitative estimate of drug-likeness (QED) is 0.258. The van der Waals surface area contributed by atoms with Gasteiger partial charge in [-0.1, -0.05) is 62.8 Å². The van der Waals surface area contributed by atoms with Crippen LogP contribution in [0.2, 0.25) is 18.1 Å². The van der Waals surface area contributed by atoms with E-state index in [2.05, 4.69) is 39.9 Å². The Morgan fingerprint density at radius 1 is 1.17 bits per heavy atom. The van der Waals surface area contributed by atoms with E-state index in [1.54, 1.807) is 7.05 Å². The summed E-state index contributed by atoms with van der Waals surface area (Å²) in [6.45, 7) is 15.9. The maximum absolute atomic E-state index is 13.1. The minimum absolute atomic E-state index is 0.0297. The first-order valence-electron chi connectivity index (χ1n) is 10.6. The van der Waals surface area contributed by atoms with Crippen LogP contribution in [0.25, 0.3) is 0 Å². The van der Waals surface area contributed by atoms with Crippen LogP contribution in [0, 0.1) is 5.92 Å². The molecule has 1 amide bonds. The monoisotopic (exact) mass is 435 g/mol. The summed E-state index contributed by atoms with van der Waals surface area (Å²) in [5, 5.41) is 1.32. The summed E-state index contributed by atoms with van der Waals surface area (Å²) < 4.78 is 12.8. The molecule has 0 aromatic heterocycles. The van der Waals surface area contributed by atoms with Gasteiger partial charge < -0.3 is 9.16 Å². The van der Waals surface area contributed by atoms with Crippen molar-refractivity contribution in [3.05, 3.63) is 47.5 Å². The number of carbonyl (C=O) groups excluding carboxylic acids is 1. The Morgan fingerprint density at radius 3 is 2.27 bits per heavy atom. The van der Waals surface area contributed by atoms with Crippen molar-refractivity contribution in [3.63, 3.8) is 0 Å². The highest BCUT2D eigenvalue weighted by Crippen LogP contribution is 2.38. The van der Waals surface area contributed by atoms with Gasteiger partial charge in [0.1, 0.15) is 0 Å². The van der Waals surface area contributed by atoms with Crippen molar-refractivity contribution in [3.8, 4) is 0 Å². The molecule has 0 heterocycles. The molecule has 1 aromatic rings. The predicted molar refractivity (Wildman–Crippen MR) is 125 cm³/mol. The van der Waals surface area contributed by atoms with Crippen molar-refractivity contribution >= 4 is 14.2 Å². The SMILES string of the molecule is CON(C)C(=O)[C@@H](CC=C(C)C)[C@H](COCc1ccccc1)O[Si](C)(C)C(C)(C)C. The fraction of sp³-hybridized carbons (Fsp3) is 0.625. The Labute approximate surface area is 184 Å². The Hall–Kier alpha value is -1.47. The minimum Gasteiger partial charge on any atom is -0.411 e. The third kappa shape index (κ3) is 8.34. The van der Waals surface area contributed by atoms with Crippen LogP contribution in [-0.4, -0.2) is 46.2 Å². The third-order valence-electron chi connectivity index (χ3n) is 5.78. The number of hydrogen-bond donors (Lipinski definition) is 0. The van der Waals surface area contributed by atoms with Gasteiger partial charge in [0.05, 0.1) is 32.3 Å². The number of hydroxylamine groups is 2. The summed E-state index contributed by atoms with van der Waals surface area (Å²) >= 11 is 0. The zero-order valence-corrected chi connectivity index (χ0v) is 21.3. The molecular formula is C24H41NO4Si. The van der Waals surface area contributed by atoms with Gasteiger partial charge in [0.2, 0.25) is 0 Å². The average molecular weight is 436 g/mol. The van der Waals surface area contributed by atoms with E-state index in [4.69, 9.17) is 14.0 Å². The second kappa shape index (κ2) is 11.8. The lowest BCUT2D eigenvalue weighted by Crippen LogP contribution is -2.50. The van der Waals surface area contributed by atoms with Gasteiger partial charge in [-0.3, -0.25) is 9.63 Å². The number of allylic oxidation sites excluding steroid dienone is 2. The second-order valence-electron chi connectivity index (χ2n) is 9.56. The zero-order chi connectivity index (χ0) is 22.9. The van der Waals surface area contributed by atoms with E-state index in [1.165, 1.54) is 17.7 Å². The molecular weight excluding hydrogens is 394 g/mol. The van der Waals surface area contributed by atoms with Crippen LogP contribution in [0.3, 0.4) is 0 Å². The molecule has 2 atom stereocenters. The van der Waals surface area contributed by atoms with Crippen molar-refractivity contribution in [2.75, 3.05) is 20.8 Å². The summed E-state index contributed by atoms with van der Waals surface area (Å²) in [5.41, 5.74) is 2.27. The van der Waals surface area contributed by atoms with Gasteiger partial charge >= 0.3 is 0 Å². The standard InChI is InChI=1S/C24H41NO4Si/c1-19(2)15-16-21(23(26)25(6)27-7)22(29-30(8,9)24(3,4)5)18-28-17-20-13-11-10-12-14-20/h10-15,21-22H,16-18H2,1-9H3/t21-,22-/m0/s1. The molecule has 1 aromatic carbocycles. The molecule has 0 saturated heterocycles. The molecule has 0 saturated carbocycles. The van der Waals surface area contributed by atoms with E-state index < -0.39 is 8.32 Å². The molecule has 0 unspecified atom stereocenters. The number of benzene rings is 1. The summed E-state index contributed by atoms with van der Waals surface area (Å²) in [4.78, 5) is 18.3. The molecule has 1 rings (SSSR count). The van der Waals surface area contributed by atoms with Crippen LogP contribution in [0.4, 0.5) is 0 Å². The van der Waals surface area contributed by atoms with Gasteiger partial charge in [-0.25, -0.2) is 5.06 Å².